The monoisotopic (exact) mass is 232 g/mol. The Morgan fingerprint density at radius 2 is 1.86 bits per heavy atom. The quantitative estimate of drug-likeness (QED) is 0.615. The molecule has 0 saturated heterocycles. The lowest BCUT2D eigenvalue weighted by atomic mass is 10.3. The molecule has 0 aliphatic carbocycles. The normalized spacial score (nSPS) is 14.6. The van der Waals surface area contributed by atoms with Crippen molar-refractivity contribution in [2.75, 3.05) is 19.5 Å². The number of hydrogen-bond acceptors (Lipinski definition) is 4. The molecule has 14 heavy (non-hydrogen) atoms. The van der Waals surface area contributed by atoms with Gasteiger partial charge in [0.15, 0.2) is 0 Å². The third kappa shape index (κ3) is 8.33. The number of alkyl halides is 2. The molecule has 1 unspecified atom stereocenters. The van der Waals surface area contributed by atoms with Gasteiger partial charge in [-0.05, 0) is 6.42 Å². The number of halogens is 2. The molecule has 0 N–H and O–H groups in total. The minimum atomic E-state index is -3.54. The largest absolute Gasteiger partial charge is 0.370 e. The summed E-state index contributed by atoms with van der Waals surface area (Å²) in [4.78, 5) is 0. The predicted octanol–water partition coefficient (Wildman–Crippen LogP) is 1.02. The molecule has 0 bridgehead atoms. The summed E-state index contributed by atoms with van der Waals surface area (Å²) < 4.78 is 53.7. The third-order valence-corrected chi connectivity index (χ3v) is 1.95. The van der Waals surface area contributed by atoms with Crippen molar-refractivity contribution < 1.29 is 26.1 Å². The lowest BCUT2D eigenvalue weighted by molar-refractivity contribution is -0.0396. The molecule has 0 aromatic heterocycles. The van der Waals surface area contributed by atoms with Crippen molar-refractivity contribution in [3.8, 4) is 0 Å². The Labute approximate surface area is 82.3 Å². The fourth-order valence-electron chi connectivity index (χ4n) is 0.692. The molecule has 0 aromatic rings. The average Bonchev–Trinajstić information content (AvgIpc) is 2.02. The molecule has 0 heterocycles. The van der Waals surface area contributed by atoms with E-state index in [1.807, 2.05) is 0 Å². The van der Waals surface area contributed by atoms with E-state index >= 15 is 0 Å². The van der Waals surface area contributed by atoms with Crippen LogP contribution in [-0.2, 0) is 19.0 Å². The second-order valence-corrected chi connectivity index (χ2v) is 4.39. The van der Waals surface area contributed by atoms with Gasteiger partial charge in [0, 0.05) is 0 Å². The van der Waals surface area contributed by atoms with Crippen molar-refractivity contribution in [2.24, 2.45) is 0 Å². The Kier molecular flexibility index (Phi) is 6.14. The van der Waals surface area contributed by atoms with Crippen LogP contribution in [0.15, 0.2) is 0 Å². The highest BCUT2D eigenvalue weighted by Gasteiger charge is 2.13. The SMILES string of the molecule is CCC(COS(C)(=O)=O)OCC(F)F. The standard InChI is InChI=1S/C7H14F2O4S/c1-3-6(12-5-7(8)9)4-13-14(2,10)11/h6-7H,3-5H2,1-2H3. The Morgan fingerprint density at radius 1 is 1.29 bits per heavy atom. The van der Waals surface area contributed by atoms with Gasteiger partial charge in [-0.1, -0.05) is 6.92 Å². The molecule has 1 atom stereocenters. The zero-order valence-electron chi connectivity index (χ0n) is 8.07. The van der Waals surface area contributed by atoms with Crippen molar-refractivity contribution in [1.29, 1.82) is 0 Å². The van der Waals surface area contributed by atoms with Crippen LogP contribution in [0, 0.1) is 0 Å². The lowest BCUT2D eigenvalue weighted by Gasteiger charge is -2.14. The second kappa shape index (κ2) is 6.26. The van der Waals surface area contributed by atoms with Crippen LogP contribution < -0.4 is 0 Å². The first-order valence-corrected chi connectivity index (χ1v) is 5.91. The highest BCUT2D eigenvalue weighted by molar-refractivity contribution is 7.85. The van der Waals surface area contributed by atoms with Crippen LogP contribution in [-0.4, -0.2) is 40.4 Å². The van der Waals surface area contributed by atoms with Gasteiger partial charge in [-0.25, -0.2) is 8.78 Å². The van der Waals surface area contributed by atoms with Gasteiger partial charge in [0.2, 0.25) is 0 Å². The Morgan fingerprint density at radius 3 is 2.21 bits per heavy atom. The topological polar surface area (TPSA) is 52.6 Å². The maximum absolute atomic E-state index is 11.7. The van der Waals surface area contributed by atoms with E-state index in [2.05, 4.69) is 4.18 Å². The summed E-state index contributed by atoms with van der Waals surface area (Å²) in [5, 5.41) is 0. The van der Waals surface area contributed by atoms with Gasteiger partial charge >= 0.3 is 0 Å². The van der Waals surface area contributed by atoms with Crippen LogP contribution >= 0.6 is 0 Å². The van der Waals surface area contributed by atoms with Crippen LogP contribution in [0.5, 0.6) is 0 Å². The highest BCUT2D eigenvalue weighted by Crippen LogP contribution is 2.03. The van der Waals surface area contributed by atoms with E-state index in [4.69, 9.17) is 4.74 Å². The molecule has 0 rings (SSSR count). The van der Waals surface area contributed by atoms with Gasteiger partial charge in [0.25, 0.3) is 16.5 Å². The number of hydrogen-bond donors (Lipinski definition) is 0. The summed E-state index contributed by atoms with van der Waals surface area (Å²) in [6.45, 7) is 0.773. The molecule has 0 aromatic carbocycles. The van der Waals surface area contributed by atoms with Gasteiger partial charge in [-0.3, -0.25) is 4.18 Å². The zero-order chi connectivity index (χ0) is 11.2. The van der Waals surface area contributed by atoms with Gasteiger partial charge in [-0.15, -0.1) is 0 Å². The fourth-order valence-corrected chi connectivity index (χ4v) is 1.09. The van der Waals surface area contributed by atoms with E-state index in [0.29, 0.717) is 6.42 Å². The smallest absolute Gasteiger partial charge is 0.264 e. The minimum absolute atomic E-state index is 0.220. The van der Waals surface area contributed by atoms with E-state index in [-0.39, 0.29) is 6.61 Å². The van der Waals surface area contributed by atoms with E-state index in [0.717, 1.165) is 6.26 Å². The maximum Gasteiger partial charge on any atom is 0.264 e. The van der Waals surface area contributed by atoms with Crippen molar-refractivity contribution in [2.45, 2.75) is 25.9 Å². The first-order valence-electron chi connectivity index (χ1n) is 4.09. The molecule has 0 aliphatic rings. The molecule has 0 aliphatic heterocycles. The maximum atomic E-state index is 11.7. The molecule has 7 heteroatoms. The summed E-state index contributed by atoms with van der Waals surface area (Å²) in [7, 11) is -3.54. The molecule has 0 fully saturated rings. The number of ether oxygens (including phenoxy) is 1. The van der Waals surface area contributed by atoms with E-state index in [1.165, 1.54) is 0 Å². The zero-order valence-corrected chi connectivity index (χ0v) is 8.89. The first-order chi connectivity index (χ1) is 6.35. The van der Waals surface area contributed by atoms with Gasteiger partial charge in [-0.2, -0.15) is 8.42 Å². The molecule has 86 valence electrons. The van der Waals surface area contributed by atoms with E-state index in [1.54, 1.807) is 6.92 Å². The van der Waals surface area contributed by atoms with Crippen molar-refractivity contribution in [3.05, 3.63) is 0 Å². The van der Waals surface area contributed by atoms with Gasteiger partial charge in [0.1, 0.15) is 6.61 Å². The van der Waals surface area contributed by atoms with Crippen LogP contribution in [0.2, 0.25) is 0 Å². The summed E-state index contributed by atoms with van der Waals surface area (Å²) in [5.41, 5.74) is 0. The highest BCUT2D eigenvalue weighted by atomic mass is 32.2. The summed E-state index contributed by atoms with van der Waals surface area (Å²) in [5.74, 6) is 0. The van der Waals surface area contributed by atoms with Crippen LogP contribution in [0.25, 0.3) is 0 Å². The van der Waals surface area contributed by atoms with Crippen molar-refractivity contribution in [3.63, 3.8) is 0 Å². The lowest BCUT2D eigenvalue weighted by Crippen LogP contribution is -2.23. The third-order valence-electron chi connectivity index (χ3n) is 1.38. The second-order valence-electron chi connectivity index (χ2n) is 2.74. The Bertz CT molecular complexity index is 240. The average molecular weight is 232 g/mol. The molecule has 0 saturated carbocycles. The van der Waals surface area contributed by atoms with Crippen LogP contribution in [0.1, 0.15) is 13.3 Å². The Hall–Kier alpha value is -0.270. The van der Waals surface area contributed by atoms with Crippen molar-refractivity contribution in [1.82, 2.24) is 0 Å². The summed E-state index contributed by atoms with van der Waals surface area (Å²) in [6.07, 6.45) is -1.85. The molecule has 0 spiro atoms. The van der Waals surface area contributed by atoms with Crippen LogP contribution in [0.4, 0.5) is 8.78 Å². The van der Waals surface area contributed by atoms with E-state index in [9.17, 15) is 17.2 Å². The van der Waals surface area contributed by atoms with Crippen molar-refractivity contribution >= 4 is 10.1 Å². The molecule has 0 radical (unpaired) electrons. The van der Waals surface area contributed by atoms with Crippen LogP contribution in [0.3, 0.4) is 0 Å². The molecule has 0 amide bonds. The first kappa shape index (κ1) is 13.7. The van der Waals surface area contributed by atoms with Gasteiger partial charge in [0.05, 0.1) is 19.0 Å². The fraction of sp³-hybridized carbons (Fsp3) is 1.00. The Balaban J connectivity index is 3.80. The summed E-state index contributed by atoms with van der Waals surface area (Å²) >= 11 is 0. The predicted molar refractivity (Wildman–Crippen MR) is 46.8 cm³/mol. The molecular formula is C7H14F2O4S. The molecular weight excluding hydrogens is 218 g/mol. The molecule has 4 nitrogen and oxygen atoms in total. The summed E-state index contributed by atoms with van der Waals surface area (Å²) in [6, 6.07) is 0. The minimum Gasteiger partial charge on any atom is -0.370 e. The van der Waals surface area contributed by atoms with Gasteiger partial charge < -0.3 is 4.74 Å². The van der Waals surface area contributed by atoms with E-state index < -0.39 is 29.3 Å². The number of rotatable bonds is 7.